The molecule has 0 nitrogen and oxygen atoms in total. The first-order chi connectivity index (χ1) is 32.2. The summed E-state index contributed by atoms with van der Waals surface area (Å²) in [7, 11) is -1.18. The van der Waals surface area contributed by atoms with Crippen molar-refractivity contribution in [2.24, 2.45) is 0 Å². The van der Waals surface area contributed by atoms with Crippen LogP contribution >= 0.6 is 7.26 Å². The van der Waals surface area contributed by atoms with Gasteiger partial charge < -0.3 is 0 Å². The summed E-state index contributed by atoms with van der Waals surface area (Å²) in [4.78, 5) is 0. The van der Waals surface area contributed by atoms with Crippen LogP contribution in [0.3, 0.4) is 0 Å². The van der Waals surface area contributed by atoms with Crippen molar-refractivity contribution in [2.45, 2.75) is 387 Å². The van der Waals surface area contributed by atoms with Crippen LogP contribution in [-0.2, 0) is 0 Å². The van der Waals surface area contributed by atoms with Gasteiger partial charge in [-0.15, -0.1) is 0 Å². The van der Waals surface area contributed by atoms with Crippen molar-refractivity contribution in [3.8, 4) is 0 Å². The standard InChI is InChI=1S/C64H133P/c1-5-9-13-17-20-23-26-29-32-35-38-41-44-47-50-54-58-62-65(61-57-53-16-12-8-4,63-59-55-51-48-45-42-39-36-33-30-27-24-21-18-14-10-6-2)64-60-56-52-49-46-43-40-37-34-31-28-25-22-19-15-11-7-3/h65H,5-64H2,1-4H3. The van der Waals surface area contributed by atoms with Crippen molar-refractivity contribution in [1.82, 2.24) is 0 Å². The van der Waals surface area contributed by atoms with Crippen molar-refractivity contribution < 1.29 is 0 Å². The van der Waals surface area contributed by atoms with Gasteiger partial charge in [0.05, 0.1) is 0 Å². The molecule has 65 heavy (non-hydrogen) atoms. The third kappa shape index (κ3) is 53.6. The zero-order valence-electron chi connectivity index (χ0n) is 46.9. The summed E-state index contributed by atoms with van der Waals surface area (Å²) in [5, 5.41) is 0. The smallest absolute Gasteiger partial charge is 0.0654 e. The molecular formula is C64H133P. The molecule has 0 aliphatic heterocycles. The van der Waals surface area contributed by atoms with Gasteiger partial charge in [0.15, 0.2) is 0 Å². The fourth-order valence-corrected chi connectivity index (χ4v) is 17.0. The molecule has 0 aliphatic rings. The van der Waals surface area contributed by atoms with E-state index in [4.69, 9.17) is 0 Å². The quantitative estimate of drug-likeness (QED) is 0.0421. The summed E-state index contributed by atoms with van der Waals surface area (Å²) in [5.41, 5.74) is 0. The first-order valence-corrected chi connectivity index (χ1v) is 35.1. The maximum absolute atomic E-state index is 2.40. The van der Waals surface area contributed by atoms with Crippen LogP contribution in [0.25, 0.3) is 0 Å². The normalized spacial score (nSPS) is 12.2. The van der Waals surface area contributed by atoms with Gasteiger partial charge in [-0.25, -0.2) is 0 Å². The monoisotopic (exact) mass is 933 g/mol. The van der Waals surface area contributed by atoms with Gasteiger partial charge in [-0.05, 0) is 0 Å². The molecule has 0 unspecified atom stereocenters. The second-order valence-corrected chi connectivity index (χ2v) is 27.9. The Balaban J connectivity index is 4.62. The van der Waals surface area contributed by atoms with Crippen LogP contribution in [0.1, 0.15) is 387 Å². The van der Waals surface area contributed by atoms with Crippen molar-refractivity contribution in [1.29, 1.82) is 0 Å². The fourth-order valence-electron chi connectivity index (χ4n) is 11.5. The van der Waals surface area contributed by atoms with E-state index >= 15 is 0 Å². The van der Waals surface area contributed by atoms with Crippen LogP contribution in [0.4, 0.5) is 0 Å². The summed E-state index contributed by atoms with van der Waals surface area (Å²) >= 11 is 0. The molecule has 0 spiro atoms. The topological polar surface area (TPSA) is 0 Å². The molecule has 0 saturated carbocycles. The first kappa shape index (κ1) is 65.4. The van der Waals surface area contributed by atoms with Gasteiger partial charge in [0.1, 0.15) is 0 Å². The van der Waals surface area contributed by atoms with E-state index in [-0.39, 0.29) is 0 Å². The molecule has 0 aliphatic carbocycles. The molecule has 394 valence electrons. The third-order valence-corrected chi connectivity index (χ3v) is 21.9. The van der Waals surface area contributed by atoms with Crippen molar-refractivity contribution in [3.63, 3.8) is 0 Å². The molecule has 0 rings (SSSR count). The number of hydrogen-bond acceptors (Lipinski definition) is 0. The summed E-state index contributed by atoms with van der Waals surface area (Å²) < 4.78 is 0. The van der Waals surface area contributed by atoms with Crippen LogP contribution in [-0.4, -0.2) is 24.6 Å². The van der Waals surface area contributed by atoms with E-state index in [9.17, 15) is 0 Å². The molecule has 0 aromatic carbocycles. The van der Waals surface area contributed by atoms with Crippen LogP contribution < -0.4 is 0 Å². The van der Waals surface area contributed by atoms with E-state index in [2.05, 4.69) is 27.7 Å². The summed E-state index contributed by atoms with van der Waals surface area (Å²) in [6, 6.07) is 0. The zero-order chi connectivity index (χ0) is 46.9. The molecule has 1 heteroatoms. The molecule has 0 N–H and O–H groups in total. The van der Waals surface area contributed by atoms with Crippen molar-refractivity contribution >= 4 is 7.26 Å². The van der Waals surface area contributed by atoms with E-state index in [1.165, 1.54) is 315 Å². The second kappa shape index (κ2) is 58.7. The minimum Gasteiger partial charge on any atom is -0.0654 e. The van der Waals surface area contributed by atoms with Gasteiger partial charge in [-0.2, -0.15) is 0 Å². The molecule has 0 bridgehead atoms. The Morgan fingerprint density at radius 1 is 0.123 bits per heavy atom. The van der Waals surface area contributed by atoms with Gasteiger partial charge in [-0.1, -0.05) is 136 Å². The minimum absolute atomic E-state index is 1.18. The molecule has 0 heterocycles. The molecule has 0 aromatic rings. The summed E-state index contributed by atoms with van der Waals surface area (Å²) in [6.45, 7) is 9.38. The molecular weight excluding hydrogens is 800 g/mol. The van der Waals surface area contributed by atoms with Gasteiger partial charge in [0.2, 0.25) is 0 Å². The zero-order valence-corrected chi connectivity index (χ0v) is 47.9. The maximum atomic E-state index is 2.40. The van der Waals surface area contributed by atoms with Crippen molar-refractivity contribution in [3.05, 3.63) is 0 Å². The Morgan fingerprint density at radius 2 is 0.215 bits per heavy atom. The predicted octanol–water partition coefficient (Wildman–Crippen LogP) is 24.7. The Kier molecular flexibility index (Phi) is 59.1. The van der Waals surface area contributed by atoms with E-state index < -0.39 is 7.26 Å². The van der Waals surface area contributed by atoms with Gasteiger partial charge in [0.25, 0.3) is 0 Å². The molecule has 0 fully saturated rings. The predicted molar refractivity (Wildman–Crippen MR) is 309 cm³/mol. The van der Waals surface area contributed by atoms with E-state index in [0.717, 1.165) is 0 Å². The second-order valence-electron chi connectivity index (χ2n) is 22.9. The van der Waals surface area contributed by atoms with Crippen LogP contribution in [0.5, 0.6) is 0 Å². The van der Waals surface area contributed by atoms with E-state index in [0.29, 0.717) is 0 Å². The molecule has 0 saturated heterocycles. The Labute approximate surface area is 417 Å². The SMILES string of the molecule is CCCCCCCCCCCCCCCCCCC[PH](CCCCCCC)(CCCCCCCCCCCCCCCCCCC)CCCCCCCCCCCCCCCCCCC. The molecule has 0 radical (unpaired) electrons. The molecule has 0 atom stereocenters. The first-order valence-electron chi connectivity index (χ1n) is 32.2. The number of unbranched alkanes of at least 4 members (excludes halogenated alkanes) is 52. The summed E-state index contributed by atoms with van der Waals surface area (Å²) in [6.07, 6.45) is 90.5. The average molecular weight is 934 g/mol. The molecule has 0 amide bonds. The third-order valence-electron chi connectivity index (χ3n) is 16.2. The average Bonchev–Trinajstić information content (AvgIpc) is 3.31. The Morgan fingerprint density at radius 3 is 0.323 bits per heavy atom. The van der Waals surface area contributed by atoms with E-state index in [1.807, 2.05) is 0 Å². The van der Waals surface area contributed by atoms with Crippen LogP contribution in [0.15, 0.2) is 0 Å². The van der Waals surface area contributed by atoms with Crippen LogP contribution in [0, 0.1) is 0 Å². The number of rotatable bonds is 60. The molecule has 0 aromatic heterocycles. The number of hydrogen-bond donors (Lipinski definition) is 0. The summed E-state index contributed by atoms with van der Waals surface area (Å²) in [5.74, 6) is 0. The van der Waals surface area contributed by atoms with Crippen LogP contribution in [0.2, 0.25) is 0 Å². The van der Waals surface area contributed by atoms with Gasteiger partial charge in [-0.3, -0.25) is 0 Å². The van der Waals surface area contributed by atoms with E-state index in [1.54, 1.807) is 69.6 Å². The Hall–Kier alpha value is 0.430. The van der Waals surface area contributed by atoms with Crippen molar-refractivity contribution in [2.75, 3.05) is 24.6 Å². The van der Waals surface area contributed by atoms with Gasteiger partial charge in [0, 0.05) is 0 Å². The minimum atomic E-state index is -1.18. The fraction of sp³-hybridized carbons (Fsp3) is 1.00. The Bertz CT molecular complexity index is 710. The van der Waals surface area contributed by atoms with Gasteiger partial charge >= 0.3 is 283 Å².